The summed E-state index contributed by atoms with van der Waals surface area (Å²) in [6, 6.07) is 9.89. The summed E-state index contributed by atoms with van der Waals surface area (Å²) in [5.74, 6) is 0. The molecular formula is C12H15NO. The van der Waals surface area contributed by atoms with E-state index in [0.29, 0.717) is 0 Å². The van der Waals surface area contributed by atoms with Crippen LogP contribution >= 0.6 is 0 Å². The molecule has 2 nitrogen and oxygen atoms in total. The number of aliphatic imine (C=N–C) groups is 1. The third kappa shape index (κ3) is 3.15. The third-order valence-electron chi connectivity index (χ3n) is 2.22. The van der Waals surface area contributed by atoms with Gasteiger partial charge < -0.3 is 0 Å². The Bertz CT molecular complexity index is 301. The van der Waals surface area contributed by atoms with Gasteiger partial charge >= 0.3 is 0 Å². The zero-order chi connectivity index (χ0) is 10.2. The van der Waals surface area contributed by atoms with Crippen molar-refractivity contribution in [3.8, 4) is 0 Å². The van der Waals surface area contributed by atoms with Gasteiger partial charge in [0.05, 0.1) is 6.04 Å². The minimum Gasteiger partial charge on any atom is -0.211 e. The van der Waals surface area contributed by atoms with Crippen LogP contribution in [0.1, 0.15) is 37.8 Å². The van der Waals surface area contributed by atoms with Crippen molar-refractivity contribution in [3.63, 3.8) is 0 Å². The third-order valence-corrected chi connectivity index (χ3v) is 2.22. The molecule has 0 radical (unpaired) electrons. The average Bonchev–Trinajstić information content (AvgIpc) is 2.25. The first-order chi connectivity index (χ1) is 6.88. The average molecular weight is 189 g/mol. The molecular weight excluding hydrogens is 174 g/mol. The van der Waals surface area contributed by atoms with E-state index in [0.717, 1.165) is 24.8 Å². The van der Waals surface area contributed by atoms with Crippen molar-refractivity contribution in [3.05, 3.63) is 35.9 Å². The summed E-state index contributed by atoms with van der Waals surface area (Å²) in [5, 5.41) is 0. The van der Waals surface area contributed by atoms with Crippen molar-refractivity contribution in [2.24, 2.45) is 4.99 Å². The second-order valence-electron chi connectivity index (χ2n) is 3.29. The van der Waals surface area contributed by atoms with Crippen LogP contribution in [-0.2, 0) is 4.79 Å². The highest BCUT2D eigenvalue weighted by atomic mass is 16.1. The molecule has 14 heavy (non-hydrogen) atoms. The fourth-order valence-corrected chi connectivity index (χ4v) is 1.44. The Morgan fingerprint density at radius 2 is 2.07 bits per heavy atom. The molecule has 1 aromatic carbocycles. The van der Waals surface area contributed by atoms with E-state index in [1.165, 1.54) is 0 Å². The number of nitrogens with zero attached hydrogens (tertiary/aromatic N) is 1. The van der Waals surface area contributed by atoms with Gasteiger partial charge in [-0.1, -0.05) is 50.1 Å². The monoisotopic (exact) mass is 189 g/mol. The van der Waals surface area contributed by atoms with Gasteiger partial charge in [-0.3, -0.25) is 0 Å². The molecule has 0 aliphatic heterocycles. The van der Waals surface area contributed by atoms with Crippen molar-refractivity contribution in [1.29, 1.82) is 0 Å². The highest BCUT2D eigenvalue weighted by Crippen LogP contribution is 2.22. The molecule has 0 aliphatic rings. The summed E-state index contributed by atoms with van der Waals surface area (Å²) in [5.41, 5.74) is 1.10. The number of isocyanates is 1. The molecule has 1 unspecified atom stereocenters. The minimum atomic E-state index is -0.00588. The Kier molecular flexibility index (Phi) is 4.66. The van der Waals surface area contributed by atoms with Crippen LogP contribution in [0.2, 0.25) is 0 Å². The SMILES string of the molecule is CCCCC(N=C=O)c1ccccc1. The minimum absolute atomic E-state index is 0.00588. The Morgan fingerprint density at radius 3 is 2.64 bits per heavy atom. The van der Waals surface area contributed by atoms with Gasteiger partial charge in [0.2, 0.25) is 6.08 Å². The van der Waals surface area contributed by atoms with Gasteiger partial charge in [-0.25, -0.2) is 4.79 Å². The Balaban J connectivity index is 2.72. The molecule has 0 bridgehead atoms. The Morgan fingerprint density at radius 1 is 1.36 bits per heavy atom. The molecule has 1 atom stereocenters. The smallest absolute Gasteiger partial charge is 0.211 e. The molecule has 2 heteroatoms. The summed E-state index contributed by atoms with van der Waals surface area (Å²) in [7, 11) is 0. The Hall–Kier alpha value is -1.40. The topological polar surface area (TPSA) is 29.4 Å². The van der Waals surface area contributed by atoms with Gasteiger partial charge in [0.15, 0.2) is 0 Å². The second kappa shape index (κ2) is 6.11. The first-order valence-corrected chi connectivity index (χ1v) is 5.00. The van der Waals surface area contributed by atoms with Crippen LogP contribution in [0.25, 0.3) is 0 Å². The summed E-state index contributed by atoms with van der Waals surface area (Å²) >= 11 is 0. The molecule has 0 fully saturated rings. The van der Waals surface area contributed by atoms with E-state index in [2.05, 4.69) is 11.9 Å². The van der Waals surface area contributed by atoms with Gasteiger partial charge in [-0.2, -0.15) is 4.99 Å². The van der Waals surface area contributed by atoms with Crippen LogP contribution in [0.15, 0.2) is 35.3 Å². The zero-order valence-electron chi connectivity index (χ0n) is 8.44. The normalized spacial score (nSPS) is 11.8. The molecule has 0 aromatic heterocycles. The largest absolute Gasteiger partial charge is 0.235 e. The van der Waals surface area contributed by atoms with E-state index in [1.807, 2.05) is 30.3 Å². The molecule has 1 aromatic rings. The second-order valence-corrected chi connectivity index (χ2v) is 3.29. The molecule has 0 amide bonds. The number of carbonyl (C=O) groups excluding carboxylic acids is 1. The van der Waals surface area contributed by atoms with Gasteiger partial charge in [-0.05, 0) is 12.0 Å². The van der Waals surface area contributed by atoms with Crippen molar-refractivity contribution in [2.75, 3.05) is 0 Å². The van der Waals surface area contributed by atoms with Crippen LogP contribution < -0.4 is 0 Å². The van der Waals surface area contributed by atoms with Gasteiger partial charge in [-0.15, -0.1) is 0 Å². The maximum atomic E-state index is 10.3. The highest BCUT2D eigenvalue weighted by molar-refractivity contribution is 5.35. The van der Waals surface area contributed by atoms with Crippen molar-refractivity contribution >= 4 is 6.08 Å². The quantitative estimate of drug-likeness (QED) is 0.516. The molecule has 0 heterocycles. The van der Waals surface area contributed by atoms with E-state index in [4.69, 9.17) is 0 Å². The first-order valence-electron chi connectivity index (χ1n) is 5.00. The van der Waals surface area contributed by atoms with Crippen LogP contribution in [0, 0.1) is 0 Å². The summed E-state index contributed by atoms with van der Waals surface area (Å²) in [4.78, 5) is 14.1. The summed E-state index contributed by atoms with van der Waals surface area (Å²) < 4.78 is 0. The summed E-state index contributed by atoms with van der Waals surface area (Å²) in [6.07, 6.45) is 4.79. The first kappa shape index (κ1) is 10.7. The van der Waals surface area contributed by atoms with Crippen LogP contribution in [-0.4, -0.2) is 6.08 Å². The lowest BCUT2D eigenvalue weighted by Gasteiger charge is -2.09. The lowest BCUT2D eigenvalue weighted by atomic mass is 10.0. The predicted molar refractivity (Wildman–Crippen MR) is 56.8 cm³/mol. The number of rotatable bonds is 5. The fourth-order valence-electron chi connectivity index (χ4n) is 1.44. The Labute approximate surface area is 84.7 Å². The summed E-state index contributed by atoms with van der Waals surface area (Å²) in [6.45, 7) is 2.13. The van der Waals surface area contributed by atoms with E-state index in [9.17, 15) is 4.79 Å². The highest BCUT2D eigenvalue weighted by Gasteiger charge is 2.07. The van der Waals surface area contributed by atoms with Crippen LogP contribution in [0.3, 0.4) is 0 Å². The van der Waals surface area contributed by atoms with E-state index >= 15 is 0 Å². The lowest BCUT2D eigenvalue weighted by molar-refractivity contribution is 0.548. The van der Waals surface area contributed by atoms with Gasteiger partial charge in [0.25, 0.3) is 0 Å². The van der Waals surface area contributed by atoms with Crippen molar-refractivity contribution in [2.45, 2.75) is 32.2 Å². The van der Waals surface area contributed by atoms with E-state index in [1.54, 1.807) is 6.08 Å². The predicted octanol–water partition coefficient (Wildman–Crippen LogP) is 3.25. The maximum Gasteiger partial charge on any atom is 0.235 e. The molecule has 1 rings (SSSR count). The lowest BCUT2D eigenvalue weighted by Crippen LogP contribution is -1.94. The fraction of sp³-hybridized carbons (Fsp3) is 0.417. The van der Waals surface area contributed by atoms with Crippen LogP contribution in [0.5, 0.6) is 0 Å². The molecule has 0 saturated carbocycles. The molecule has 0 aliphatic carbocycles. The molecule has 0 spiro atoms. The van der Waals surface area contributed by atoms with Gasteiger partial charge in [0.1, 0.15) is 0 Å². The number of benzene rings is 1. The van der Waals surface area contributed by atoms with Crippen LogP contribution in [0.4, 0.5) is 0 Å². The van der Waals surface area contributed by atoms with Crippen molar-refractivity contribution < 1.29 is 4.79 Å². The maximum absolute atomic E-state index is 10.3. The number of hydrogen-bond donors (Lipinski definition) is 0. The van der Waals surface area contributed by atoms with Crippen molar-refractivity contribution in [1.82, 2.24) is 0 Å². The van der Waals surface area contributed by atoms with E-state index in [-0.39, 0.29) is 6.04 Å². The zero-order valence-corrected chi connectivity index (χ0v) is 8.44. The molecule has 74 valence electrons. The number of hydrogen-bond acceptors (Lipinski definition) is 2. The van der Waals surface area contributed by atoms with E-state index < -0.39 is 0 Å². The molecule has 0 saturated heterocycles. The standard InChI is InChI=1S/C12H15NO/c1-2-3-9-12(13-10-14)11-7-5-4-6-8-11/h4-8,12H,2-3,9H2,1H3. The number of unbranched alkanes of at least 4 members (excludes halogenated alkanes) is 1. The molecule has 0 N–H and O–H groups in total. The van der Waals surface area contributed by atoms with Gasteiger partial charge in [0, 0.05) is 0 Å².